The number of anilines is 1. The third kappa shape index (κ3) is 4.54. The lowest BCUT2D eigenvalue weighted by atomic mass is 10.2. The molecule has 0 radical (unpaired) electrons. The molecule has 7 heteroatoms. The summed E-state index contributed by atoms with van der Waals surface area (Å²) in [5.74, 6) is -0.179. The van der Waals surface area contributed by atoms with E-state index in [0.717, 1.165) is 25.3 Å². The van der Waals surface area contributed by atoms with E-state index in [9.17, 15) is 4.79 Å². The minimum absolute atomic E-state index is 0.179. The molecule has 0 bridgehead atoms. The highest BCUT2D eigenvalue weighted by Gasteiger charge is 2.22. The van der Waals surface area contributed by atoms with E-state index in [1.165, 1.54) is 11.3 Å². The van der Waals surface area contributed by atoms with Crippen molar-refractivity contribution in [3.05, 3.63) is 45.9 Å². The Morgan fingerprint density at radius 2 is 2.00 bits per heavy atom. The molecule has 0 aliphatic carbocycles. The quantitative estimate of drug-likeness (QED) is 0.898. The van der Waals surface area contributed by atoms with E-state index in [1.807, 2.05) is 5.38 Å². The summed E-state index contributed by atoms with van der Waals surface area (Å²) in [6.07, 6.45) is 0.466. The van der Waals surface area contributed by atoms with Crippen LogP contribution in [0.25, 0.3) is 0 Å². The van der Waals surface area contributed by atoms with Crippen LogP contribution in [-0.2, 0) is 11.3 Å². The van der Waals surface area contributed by atoms with Crippen LogP contribution in [0.5, 0.6) is 0 Å². The fourth-order valence-corrected chi connectivity index (χ4v) is 3.67. The monoisotopic (exact) mass is 365 g/mol. The molecule has 5 nitrogen and oxygen atoms in total. The Balaban J connectivity index is 1.59. The van der Waals surface area contributed by atoms with Crippen molar-refractivity contribution < 1.29 is 9.53 Å². The molecule has 1 fully saturated rings. The van der Waals surface area contributed by atoms with E-state index in [4.69, 9.17) is 16.3 Å². The number of hydrogen-bond donors (Lipinski definition) is 1. The standard InChI is InChI=1S/C17H20ClN3O2S/c1-11-7-21(8-12(2)23-11)9-15-10-24-17(19-15)20-16(22)13-3-5-14(18)6-4-13/h3-6,10-12H,7-9H2,1-2H3,(H,19,20,22). The van der Waals surface area contributed by atoms with Gasteiger partial charge in [-0.3, -0.25) is 15.0 Å². The first-order valence-electron chi connectivity index (χ1n) is 7.89. The highest BCUT2D eigenvalue weighted by molar-refractivity contribution is 7.13. The zero-order chi connectivity index (χ0) is 17.1. The molecule has 1 saturated heterocycles. The molecule has 3 rings (SSSR count). The van der Waals surface area contributed by atoms with Gasteiger partial charge in [0.05, 0.1) is 17.9 Å². The van der Waals surface area contributed by atoms with Crippen LogP contribution in [0, 0.1) is 0 Å². The molecule has 1 N–H and O–H groups in total. The molecule has 1 aromatic carbocycles. The Morgan fingerprint density at radius 1 is 1.33 bits per heavy atom. The number of nitrogens with one attached hydrogen (secondary N) is 1. The average Bonchev–Trinajstić information content (AvgIpc) is 2.93. The number of nitrogens with zero attached hydrogens (tertiary/aromatic N) is 2. The fraction of sp³-hybridized carbons (Fsp3) is 0.412. The molecule has 0 saturated carbocycles. The van der Waals surface area contributed by atoms with Crippen LogP contribution >= 0.6 is 22.9 Å². The Labute approximate surface area is 150 Å². The van der Waals surface area contributed by atoms with Crippen molar-refractivity contribution in [1.82, 2.24) is 9.88 Å². The number of carbonyl (C=O) groups is 1. The molecule has 24 heavy (non-hydrogen) atoms. The summed E-state index contributed by atoms with van der Waals surface area (Å²) in [5, 5.41) is 6.04. The summed E-state index contributed by atoms with van der Waals surface area (Å²) in [7, 11) is 0. The van der Waals surface area contributed by atoms with Gasteiger partial charge in [-0.2, -0.15) is 0 Å². The zero-order valence-corrected chi connectivity index (χ0v) is 15.2. The van der Waals surface area contributed by atoms with Gasteiger partial charge >= 0.3 is 0 Å². The maximum Gasteiger partial charge on any atom is 0.257 e. The van der Waals surface area contributed by atoms with Crippen molar-refractivity contribution in [2.75, 3.05) is 18.4 Å². The first kappa shape index (κ1) is 17.4. The SMILES string of the molecule is CC1CN(Cc2csc(NC(=O)c3ccc(Cl)cc3)n2)CC(C)O1. The van der Waals surface area contributed by atoms with E-state index >= 15 is 0 Å². The highest BCUT2D eigenvalue weighted by Crippen LogP contribution is 2.20. The van der Waals surface area contributed by atoms with Gasteiger partial charge in [0.2, 0.25) is 0 Å². The molecule has 2 unspecified atom stereocenters. The average molecular weight is 366 g/mol. The van der Waals surface area contributed by atoms with Crippen molar-refractivity contribution in [3.63, 3.8) is 0 Å². The van der Waals surface area contributed by atoms with Crippen molar-refractivity contribution >= 4 is 34.0 Å². The number of benzene rings is 1. The van der Waals surface area contributed by atoms with Crippen LogP contribution in [0.1, 0.15) is 29.9 Å². The molecule has 2 atom stereocenters. The van der Waals surface area contributed by atoms with E-state index in [2.05, 4.69) is 29.0 Å². The van der Waals surface area contributed by atoms with Gasteiger partial charge in [-0.1, -0.05) is 11.6 Å². The van der Waals surface area contributed by atoms with E-state index in [0.29, 0.717) is 15.7 Å². The van der Waals surface area contributed by atoms with Crippen molar-refractivity contribution in [3.8, 4) is 0 Å². The van der Waals surface area contributed by atoms with Gasteiger partial charge in [-0.25, -0.2) is 4.98 Å². The summed E-state index contributed by atoms with van der Waals surface area (Å²) in [6.45, 7) is 6.73. The molecule has 1 amide bonds. The predicted molar refractivity (Wildman–Crippen MR) is 96.8 cm³/mol. The van der Waals surface area contributed by atoms with E-state index < -0.39 is 0 Å². The molecule has 2 heterocycles. The molecule has 0 spiro atoms. The number of thiazole rings is 1. The number of aromatic nitrogens is 1. The summed E-state index contributed by atoms with van der Waals surface area (Å²) in [5.41, 5.74) is 1.53. The van der Waals surface area contributed by atoms with Gasteiger partial charge in [-0.05, 0) is 38.1 Å². The Hall–Kier alpha value is -1.47. The van der Waals surface area contributed by atoms with Gasteiger partial charge in [0.25, 0.3) is 5.91 Å². The topological polar surface area (TPSA) is 54.5 Å². The number of carbonyl (C=O) groups excluding carboxylic acids is 1. The largest absolute Gasteiger partial charge is 0.373 e. The number of halogens is 1. The lowest BCUT2D eigenvalue weighted by Gasteiger charge is -2.34. The second-order valence-corrected chi connectivity index (χ2v) is 7.35. The van der Waals surface area contributed by atoms with Gasteiger partial charge < -0.3 is 4.74 Å². The van der Waals surface area contributed by atoms with Crippen LogP contribution in [0.2, 0.25) is 5.02 Å². The van der Waals surface area contributed by atoms with Crippen LogP contribution in [-0.4, -0.2) is 41.1 Å². The third-order valence-corrected chi connectivity index (χ3v) is 4.82. The number of amides is 1. The normalized spacial score (nSPS) is 21.6. The lowest BCUT2D eigenvalue weighted by molar-refractivity contribution is -0.0707. The van der Waals surface area contributed by atoms with Crippen molar-refractivity contribution in [2.24, 2.45) is 0 Å². The maximum atomic E-state index is 12.2. The van der Waals surface area contributed by atoms with Gasteiger partial charge in [-0.15, -0.1) is 11.3 Å². The van der Waals surface area contributed by atoms with Crippen LogP contribution in [0.15, 0.2) is 29.6 Å². The molecule has 1 aliphatic heterocycles. The van der Waals surface area contributed by atoms with Crippen LogP contribution in [0.3, 0.4) is 0 Å². The summed E-state index contributed by atoms with van der Waals surface area (Å²) >= 11 is 7.28. The van der Waals surface area contributed by atoms with E-state index in [1.54, 1.807) is 24.3 Å². The highest BCUT2D eigenvalue weighted by atomic mass is 35.5. The zero-order valence-electron chi connectivity index (χ0n) is 13.7. The van der Waals surface area contributed by atoms with Gasteiger partial charge in [0, 0.05) is 35.6 Å². The first-order chi connectivity index (χ1) is 11.5. The number of rotatable bonds is 4. The van der Waals surface area contributed by atoms with Gasteiger partial charge in [0.1, 0.15) is 0 Å². The Kier molecular flexibility index (Phi) is 5.50. The second-order valence-electron chi connectivity index (χ2n) is 6.06. The minimum Gasteiger partial charge on any atom is -0.373 e. The Morgan fingerprint density at radius 3 is 2.67 bits per heavy atom. The first-order valence-corrected chi connectivity index (χ1v) is 9.14. The maximum absolute atomic E-state index is 12.2. The number of ether oxygens (including phenoxy) is 1. The number of hydrogen-bond acceptors (Lipinski definition) is 5. The second kappa shape index (κ2) is 7.61. The fourth-order valence-electron chi connectivity index (χ4n) is 2.85. The third-order valence-electron chi connectivity index (χ3n) is 3.76. The Bertz CT molecular complexity index is 694. The van der Waals surface area contributed by atoms with Crippen molar-refractivity contribution in [1.29, 1.82) is 0 Å². The molecule has 1 aromatic heterocycles. The number of morpholine rings is 1. The van der Waals surface area contributed by atoms with Gasteiger partial charge in [0.15, 0.2) is 5.13 Å². The molecule has 1 aliphatic rings. The smallest absolute Gasteiger partial charge is 0.257 e. The molecule has 2 aromatic rings. The predicted octanol–water partition coefficient (Wildman–Crippen LogP) is 3.66. The van der Waals surface area contributed by atoms with E-state index in [-0.39, 0.29) is 18.1 Å². The summed E-state index contributed by atoms with van der Waals surface area (Å²) < 4.78 is 5.74. The van der Waals surface area contributed by atoms with Crippen molar-refractivity contribution in [2.45, 2.75) is 32.6 Å². The summed E-state index contributed by atoms with van der Waals surface area (Å²) in [4.78, 5) is 19.0. The molecule has 128 valence electrons. The molecular formula is C17H20ClN3O2S. The van der Waals surface area contributed by atoms with Crippen LogP contribution in [0.4, 0.5) is 5.13 Å². The van der Waals surface area contributed by atoms with Crippen LogP contribution < -0.4 is 5.32 Å². The lowest BCUT2D eigenvalue weighted by Crippen LogP contribution is -2.44. The summed E-state index contributed by atoms with van der Waals surface area (Å²) in [6, 6.07) is 6.79. The molecular weight excluding hydrogens is 346 g/mol. The minimum atomic E-state index is -0.179.